The van der Waals surface area contributed by atoms with Crippen molar-refractivity contribution < 1.29 is 4.79 Å². The molecule has 2 N–H and O–H groups in total. The molecule has 4 rings (SSSR count). The fourth-order valence-electron chi connectivity index (χ4n) is 3.11. The molecule has 2 heterocycles. The number of amides is 1. The van der Waals surface area contributed by atoms with Crippen LogP contribution < -0.4 is 15.5 Å². The van der Waals surface area contributed by atoms with E-state index in [-0.39, 0.29) is 5.91 Å². The molecular weight excluding hydrogens is 326 g/mol. The number of pyridine rings is 1. The number of benzene rings is 1. The molecule has 6 heteroatoms. The topological polar surface area (TPSA) is 60.5 Å². The number of carbonyl (C=O) groups excluding carboxylic acids is 1. The van der Waals surface area contributed by atoms with Gasteiger partial charge < -0.3 is 20.4 Å². The Morgan fingerprint density at radius 1 is 1.04 bits per heavy atom. The van der Waals surface area contributed by atoms with Gasteiger partial charge in [0.25, 0.3) is 5.91 Å². The van der Waals surface area contributed by atoms with Gasteiger partial charge in [-0.3, -0.25) is 9.78 Å². The molecule has 0 bridgehead atoms. The van der Waals surface area contributed by atoms with Crippen molar-refractivity contribution in [2.24, 2.45) is 0 Å². The molecule has 2 aromatic rings. The molecule has 2 aliphatic rings. The molecule has 1 aromatic heterocycles. The van der Waals surface area contributed by atoms with E-state index in [0.717, 1.165) is 50.4 Å². The molecule has 136 valence electrons. The van der Waals surface area contributed by atoms with Crippen LogP contribution in [0.15, 0.2) is 42.6 Å². The van der Waals surface area contributed by atoms with Gasteiger partial charge in [-0.25, -0.2) is 0 Å². The maximum atomic E-state index is 12.1. The molecule has 1 aliphatic heterocycles. The summed E-state index contributed by atoms with van der Waals surface area (Å²) in [5.74, 6) is -0.0958. The molecule has 26 heavy (non-hydrogen) atoms. The number of carbonyl (C=O) groups is 1. The van der Waals surface area contributed by atoms with Crippen LogP contribution in [0.2, 0.25) is 0 Å². The van der Waals surface area contributed by atoms with E-state index in [9.17, 15) is 4.79 Å². The number of hydrogen-bond acceptors (Lipinski definition) is 5. The van der Waals surface area contributed by atoms with Gasteiger partial charge in [-0.2, -0.15) is 0 Å². The van der Waals surface area contributed by atoms with Gasteiger partial charge in [0.2, 0.25) is 0 Å². The Bertz CT molecular complexity index is 764. The summed E-state index contributed by atoms with van der Waals surface area (Å²) in [6.07, 6.45) is 3.81. The fraction of sp³-hybridized carbons (Fsp3) is 0.400. The van der Waals surface area contributed by atoms with E-state index in [0.29, 0.717) is 11.7 Å². The van der Waals surface area contributed by atoms with Crippen LogP contribution in [0.5, 0.6) is 0 Å². The second kappa shape index (κ2) is 7.33. The number of piperazine rings is 1. The van der Waals surface area contributed by atoms with Crippen molar-refractivity contribution in [3.05, 3.63) is 48.3 Å². The maximum absolute atomic E-state index is 12.1. The standard InChI is InChI=1S/C20H25N5O/c1-24-10-12-25(13-11-24)18-6-4-15(5-7-18)22-17-8-9-21-19(14-17)20(26)23-16-2-3-16/h4-9,14,16H,2-3,10-13H2,1H3,(H,21,22)(H,23,26). The summed E-state index contributed by atoms with van der Waals surface area (Å²) in [4.78, 5) is 21.1. The minimum Gasteiger partial charge on any atom is -0.369 e. The van der Waals surface area contributed by atoms with Crippen LogP contribution in [-0.2, 0) is 0 Å². The fourth-order valence-corrected chi connectivity index (χ4v) is 3.11. The largest absolute Gasteiger partial charge is 0.369 e. The highest BCUT2D eigenvalue weighted by molar-refractivity contribution is 5.93. The molecule has 1 amide bonds. The Morgan fingerprint density at radius 2 is 1.77 bits per heavy atom. The highest BCUT2D eigenvalue weighted by Gasteiger charge is 2.24. The van der Waals surface area contributed by atoms with Gasteiger partial charge in [-0.15, -0.1) is 0 Å². The first-order valence-corrected chi connectivity index (χ1v) is 9.25. The number of hydrogen-bond donors (Lipinski definition) is 2. The van der Waals surface area contributed by atoms with Gasteiger partial charge in [0.1, 0.15) is 5.69 Å². The molecule has 0 atom stereocenters. The second-order valence-electron chi connectivity index (χ2n) is 7.14. The summed E-state index contributed by atoms with van der Waals surface area (Å²) in [6, 6.07) is 12.5. The SMILES string of the molecule is CN1CCN(c2ccc(Nc3ccnc(C(=O)NC4CC4)c3)cc2)CC1. The van der Waals surface area contributed by atoms with Crippen LogP contribution in [0, 0.1) is 0 Å². The van der Waals surface area contributed by atoms with Crippen LogP contribution >= 0.6 is 0 Å². The molecule has 0 unspecified atom stereocenters. The molecular formula is C20H25N5O. The van der Waals surface area contributed by atoms with Crippen molar-refractivity contribution in [1.29, 1.82) is 0 Å². The quantitative estimate of drug-likeness (QED) is 0.867. The maximum Gasteiger partial charge on any atom is 0.270 e. The number of anilines is 3. The number of likely N-dealkylation sites (N-methyl/N-ethyl adjacent to an activating group) is 1. The summed E-state index contributed by atoms with van der Waals surface area (Å²) in [6.45, 7) is 4.33. The van der Waals surface area contributed by atoms with Crippen molar-refractivity contribution in [1.82, 2.24) is 15.2 Å². The molecule has 1 saturated carbocycles. The first kappa shape index (κ1) is 16.8. The third-order valence-corrected chi connectivity index (χ3v) is 4.93. The average Bonchev–Trinajstić information content (AvgIpc) is 3.47. The lowest BCUT2D eigenvalue weighted by Crippen LogP contribution is -2.44. The van der Waals surface area contributed by atoms with E-state index < -0.39 is 0 Å². The van der Waals surface area contributed by atoms with E-state index >= 15 is 0 Å². The van der Waals surface area contributed by atoms with Crippen molar-refractivity contribution in [2.75, 3.05) is 43.4 Å². The lowest BCUT2D eigenvalue weighted by Gasteiger charge is -2.34. The van der Waals surface area contributed by atoms with Gasteiger partial charge >= 0.3 is 0 Å². The van der Waals surface area contributed by atoms with Gasteiger partial charge in [-0.05, 0) is 56.3 Å². The molecule has 2 fully saturated rings. The smallest absolute Gasteiger partial charge is 0.270 e. The predicted molar refractivity (Wildman–Crippen MR) is 104 cm³/mol. The number of nitrogens with zero attached hydrogens (tertiary/aromatic N) is 3. The van der Waals surface area contributed by atoms with E-state index in [1.807, 2.05) is 6.07 Å². The second-order valence-corrected chi connectivity index (χ2v) is 7.14. The Morgan fingerprint density at radius 3 is 2.46 bits per heavy atom. The summed E-state index contributed by atoms with van der Waals surface area (Å²) < 4.78 is 0. The summed E-state index contributed by atoms with van der Waals surface area (Å²) >= 11 is 0. The Hall–Kier alpha value is -2.60. The lowest BCUT2D eigenvalue weighted by molar-refractivity contribution is 0.0946. The van der Waals surface area contributed by atoms with Crippen molar-refractivity contribution >= 4 is 23.0 Å². The minimum absolute atomic E-state index is 0.0958. The predicted octanol–water partition coefficient (Wildman–Crippen LogP) is 2.47. The number of nitrogens with one attached hydrogen (secondary N) is 2. The van der Waals surface area contributed by atoms with Gasteiger partial charge in [0.05, 0.1) is 0 Å². The zero-order valence-electron chi connectivity index (χ0n) is 15.1. The van der Waals surface area contributed by atoms with Crippen molar-refractivity contribution in [2.45, 2.75) is 18.9 Å². The monoisotopic (exact) mass is 351 g/mol. The summed E-state index contributed by atoms with van der Waals surface area (Å²) in [7, 11) is 2.16. The molecule has 1 aromatic carbocycles. The minimum atomic E-state index is -0.0958. The van der Waals surface area contributed by atoms with Gasteiger partial charge in [0.15, 0.2) is 0 Å². The zero-order valence-corrected chi connectivity index (χ0v) is 15.1. The Kier molecular flexibility index (Phi) is 4.75. The lowest BCUT2D eigenvalue weighted by atomic mass is 10.2. The highest BCUT2D eigenvalue weighted by Crippen LogP contribution is 2.23. The van der Waals surface area contributed by atoms with E-state index in [2.05, 4.69) is 56.7 Å². The van der Waals surface area contributed by atoms with Crippen LogP contribution in [0.3, 0.4) is 0 Å². The van der Waals surface area contributed by atoms with E-state index in [1.165, 1.54) is 5.69 Å². The third kappa shape index (κ3) is 4.14. The first-order chi connectivity index (χ1) is 12.7. The highest BCUT2D eigenvalue weighted by atomic mass is 16.2. The Labute approximate surface area is 154 Å². The molecule has 0 spiro atoms. The Balaban J connectivity index is 1.40. The number of aromatic nitrogens is 1. The van der Waals surface area contributed by atoms with E-state index in [1.54, 1.807) is 12.3 Å². The van der Waals surface area contributed by atoms with Crippen molar-refractivity contribution in [3.63, 3.8) is 0 Å². The number of rotatable bonds is 5. The first-order valence-electron chi connectivity index (χ1n) is 9.25. The molecule has 0 radical (unpaired) electrons. The summed E-state index contributed by atoms with van der Waals surface area (Å²) in [5, 5.41) is 6.33. The van der Waals surface area contributed by atoms with Crippen molar-refractivity contribution in [3.8, 4) is 0 Å². The van der Waals surface area contributed by atoms with Crippen LogP contribution in [0.4, 0.5) is 17.1 Å². The van der Waals surface area contributed by atoms with Crippen LogP contribution in [0.25, 0.3) is 0 Å². The summed E-state index contributed by atoms with van der Waals surface area (Å²) in [5.41, 5.74) is 3.58. The molecule has 6 nitrogen and oxygen atoms in total. The van der Waals surface area contributed by atoms with E-state index in [4.69, 9.17) is 0 Å². The van der Waals surface area contributed by atoms with Crippen LogP contribution in [0.1, 0.15) is 23.3 Å². The van der Waals surface area contributed by atoms with Gasteiger partial charge in [-0.1, -0.05) is 0 Å². The average molecular weight is 351 g/mol. The molecule has 1 saturated heterocycles. The molecule has 1 aliphatic carbocycles. The zero-order chi connectivity index (χ0) is 17.9. The van der Waals surface area contributed by atoms with Crippen LogP contribution in [-0.4, -0.2) is 55.1 Å². The van der Waals surface area contributed by atoms with Gasteiger partial charge in [0, 0.05) is 55.5 Å². The third-order valence-electron chi connectivity index (χ3n) is 4.93. The normalized spacial score (nSPS) is 17.8.